The molecule has 2 aromatic heterocycles. The van der Waals surface area contributed by atoms with Crippen LogP contribution in [0.15, 0.2) is 41.0 Å². The lowest BCUT2D eigenvalue weighted by atomic mass is 10.3. The van der Waals surface area contributed by atoms with E-state index in [9.17, 15) is 14.9 Å². The Bertz CT molecular complexity index is 977. The first-order valence-electron chi connectivity index (χ1n) is 7.64. The molecule has 0 radical (unpaired) electrons. The number of halogens is 1. The number of nitrogens with zero attached hydrogens (tertiary/aromatic N) is 5. The van der Waals surface area contributed by atoms with Crippen LogP contribution in [0.5, 0.6) is 0 Å². The van der Waals surface area contributed by atoms with Crippen molar-refractivity contribution in [1.82, 2.24) is 19.6 Å². The lowest BCUT2D eigenvalue weighted by Crippen LogP contribution is -2.15. The topological polar surface area (TPSA) is 108 Å². The van der Waals surface area contributed by atoms with Gasteiger partial charge >= 0.3 is 0 Å². The van der Waals surface area contributed by atoms with E-state index in [0.717, 1.165) is 15.9 Å². The van der Waals surface area contributed by atoms with Crippen LogP contribution < -0.4 is 5.32 Å². The third-order valence-corrected chi connectivity index (χ3v) is 4.93. The van der Waals surface area contributed by atoms with Crippen LogP contribution in [-0.4, -0.2) is 30.4 Å². The van der Waals surface area contributed by atoms with E-state index in [0.29, 0.717) is 12.4 Å². The van der Waals surface area contributed by atoms with Gasteiger partial charge in [0.05, 0.1) is 20.8 Å². The summed E-state index contributed by atoms with van der Waals surface area (Å²) < 4.78 is 4.34. The van der Waals surface area contributed by atoms with Gasteiger partial charge in [0.25, 0.3) is 11.6 Å². The smallest absolute Gasteiger partial charge is 0.276 e. The second-order valence-corrected chi connectivity index (χ2v) is 6.42. The lowest BCUT2D eigenvalue weighted by Gasteiger charge is -2.05. The summed E-state index contributed by atoms with van der Waals surface area (Å²) in [5.74, 6) is -0.396. The second-order valence-electron chi connectivity index (χ2n) is 5.62. The molecule has 0 unspecified atom stereocenters. The fourth-order valence-corrected chi connectivity index (χ4v) is 2.66. The minimum Gasteiger partial charge on any atom is -0.321 e. The molecule has 26 heavy (non-hydrogen) atoms. The number of benzene rings is 1. The Hall–Kier alpha value is -3.01. The molecule has 134 valence electrons. The summed E-state index contributed by atoms with van der Waals surface area (Å²) in [6, 6.07) is 7.20. The first kappa shape index (κ1) is 17.8. The molecule has 0 atom stereocenters. The fraction of sp³-hybridized carbons (Fsp3) is 0.188. The van der Waals surface area contributed by atoms with Gasteiger partial charge in [-0.2, -0.15) is 10.2 Å². The molecule has 2 heterocycles. The maximum absolute atomic E-state index is 12.3. The number of non-ortho nitro benzene ring substituents is 1. The number of amides is 1. The molecule has 0 aliphatic carbocycles. The van der Waals surface area contributed by atoms with E-state index >= 15 is 0 Å². The fourth-order valence-electron chi connectivity index (χ4n) is 2.37. The SMILES string of the molecule is Cc1nn(Cn2ccc(C(=O)Nc3ccc([N+](=O)[O-])cc3)n2)c(C)c1Br. The Balaban J connectivity index is 1.69. The van der Waals surface area contributed by atoms with Gasteiger partial charge in [-0.05, 0) is 48.0 Å². The summed E-state index contributed by atoms with van der Waals surface area (Å²) in [5, 5.41) is 22.0. The van der Waals surface area contributed by atoms with Crippen LogP contribution in [0.1, 0.15) is 21.9 Å². The molecule has 1 amide bonds. The largest absolute Gasteiger partial charge is 0.321 e. The van der Waals surface area contributed by atoms with Crippen molar-refractivity contribution in [3.8, 4) is 0 Å². The number of aromatic nitrogens is 4. The number of hydrogen-bond donors (Lipinski definition) is 1. The molecule has 9 nitrogen and oxygen atoms in total. The molecular weight excluding hydrogens is 404 g/mol. The molecule has 1 aromatic carbocycles. The quantitative estimate of drug-likeness (QED) is 0.505. The first-order valence-corrected chi connectivity index (χ1v) is 8.43. The van der Waals surface area contributed by atoms with Gasteiger partial charge in [-0.1, -0.05) is 0 Å². The van der Waals surface area contributed by atoms with Gasteiger partial charge in [0, 0.05) is 24.0 Å². The molecule has 0 fully saturated rings. The third kappa shape index (κ3) is 3.64. The Morgan fingerprint density at radius 1 is 1.23 bits per heavy atom. The molecule has 0 saturated heterocycles. The highest BCUT2D eigenvalue weighted by molar-refractivity contribution is 9.10. The van der Waals surface area contributed by atoms with E-state index in [1.54, 1.807) is 21.6 Å². The highest BCUT2D eigenvalue weighted by Gasteiger charge is 2.13. The first-order chi connectivity index (χ1) is 12.3. The highest BCUT2D eigenvalue weighted by Crippen LogP contribution is 2.20. The average Bonchev–Trinajstić information content (AvgIpc) is 3.17. The number of nitrogens with one attached hydrogen (secondary N) is 1. The Morgan fingerprint density at radius 3 is 2.50 bits per heavy atom. The van der Waals surface area contributed by atoms with E-state index in [1.807, 2.05) is 13.8 Å². The van der Waals surface area contributed by atoms with Crippen molar-refractivity contribution in [3.63, 3.8) is 0 Å². The molecule has 0 bridgehead atoms. The monoisotopic (exact) mass is 418 g/mol. The van der Waals surface area contributed by atoms with Crippen molar-refractivity contribution >= 4 is 33.2 Å². The van der Waals surface area contributed by atoms with Crippen molar-refractivity contribution in [2.75, 3.05) is 5.32 Å². The van der Waals surface area contributed by atoms with Crippen LogP contribution in [0.2, 0.25) is 0 Å². The Morgan fingerprint density at radius 2 is 1.92 bits per heavy atom. The van der Waals surface area contributed by atoms with Crippen LogP contribution in [0.3, 0.4) is 0 Å². The van der Waals surface area contributed by atoms with Crippen LogP contribution in [0.25, 0.3) is 0 Å². The van der Waals surface area contributed by atoms with Gasteiger partial charge in [0.2, 0.25) is 0 Å². The van der Waals surface area contributed by atoms with Crippen molar-refractivity contribution in [2.24, 2.45) is 0 Å². The van der Waals surface area contributed by atoms with Crippen LogP contribution in [0, 0.1) is 24.0 Å². The zero-order chi connectivity index (χ0) is 18.8. The minimum atomic E-state index is -0.495. The highest BCUT2D eigenvalue weighted by atomic mass is 79.9. The third-order valence-electron chi connectivity index (χ3n) is 3.78. The predicted octanol–water partition coefficient (Wildman–Crippen LogP) is 3.13. The van der Waals surface area contributed by atoms with Gasteiger partial charge < -0.3 is 5.32 Å². The number of aryl methyl sites for hydroxylation is 1. The number of nitro benzene ring substituents is 1. The molecule has 0 aliphatic rings. The normalized spacial score (nSPS) is 10.7. The van der Waals surface area contributed by atoms with E-state index in [4.69, 9.17) is 0 Å². The van der Waals surface area contributed by atoms with Crippen molar-refractivity contribution < 1.29 is 9.72 Å². The zero-order valence-electron chi connectivity index (χ0n) is 14.0. The van der Waals surface area contributed by atoms with E-state index in [1.165, 1.54) is 24.3 Å². The molecule has 0 saturated carbocycles. The Kier molecular flexibility index (Phi) is 4.85. The van der Waals surface area contributed by atoms with Crippen molar-refractivity contribution in [3.05, 3.63) is 68.2 Å². The average molecular weight is 419 g/mol. The molecule has 3 aromatic rings. The number of rotatable bonds is 5. The van der Waals surface area contributed by atoms with Gasteiger partial charge in [-0.25, -0.2) is 4.68 Å². The summed E-state index contributed by atoms with van der Waals surface area (Å²) in [6.45, 7) is 4.22. The van der Waals surface area contributed by atoms with Crippen LogP contribution in [-0.2, 0) is 6.67 Å². The van der Waals surface area contributed by atoms with E-state index in [-0.39, 0.29) is 11.4 Å². The van der Waals surface area contributed by atoms with Crippen molar-refractivity contribution in [2.45, 2.75) is 20.5 Å². The summed E-state index contributed by atoms with van der Waals surface area (Å²) in [7, 11) is 0. The maximum Gasteiger partial charge on any atom is 0.276 e. The zero-order valence-corrected chi connectivity index (χ0v) is 15.6. The number of anilines is 1. The summed E-state index contributed by atoms with van der Waals surface area (Å²) in [6.07, 6.45) is 1.69. The van der Waals surface area contributed by atoms with Gasteiger partial charge in [-0.3, -0.25) is 19.6 Å². The summed E-state index contributed by atoms with van der Waals surface area (Å²) >= 11 is 3.47. The molecule has 0 spiro atoms. The second kappa shape index (κ2) is 7.08. The number of carbonyl (C=O) groups excluding carboxylic acids is 1. The minimum absolute atomic E-state index is 0.0386. The Labute approximate surface area is 156 Å². The van der Waals surface area contributed by atoms with Crippen molar-refractivity contribution in [1.29, 1.82) is 0 Å². The molecule has 1 N–H and O–H groups in total. The molecular formula is C16H15BrN6O3. The maximum atomic E-state index is 12.3. The van der Waals surface area contributed by atoms with Crippen LogP contribution >= 0.6 is 15.9 Å². The number of nitro groups is 1. The molecule has 10 heteroatoms. The van der Waals surface area contributed by atoms with E-state index in [2.05, 4.69) is 31.4 Å². The molecule has 3 rings (SSSR count). The predicted molar refractivity (Wildman–Crippen MR) is 98.1 cm³/mol. The lowest BCUT2D eigenvalue weighted by molar-refractivity contribution is -0.384. The van der Waals surface area contributed by atoms with Gasteiger partial charge in [0.1, 0.15) is 6.67 Å². The van der Waals surface area contributed by atoms with Gasteiger partial charge in [0.15, 0.2) is 5.69 Å². The molecule has 0 aliphatic heterocycles. The summed E-state index contributed by atoms with van der Waals surface area (Å²) in [5.41, 5.74) is 2.51. The van der Waals surface area contributed by atoms with Crippen LogP contribution in [0.4, 0.5) is 11.4 Å². The summed E-state index contributed by atoms with van der Waals surface area (Å²) in [4.78, 5) is 22.4. The number of carbonyl (C=O) groups is 1. The standard InChI is InChI=1S/C16H15BrN6O3/c1-10-15(17)11(2)22(19-10)9-21-8-7-14(20-21)16(24)18-12-3-5-13(6-4-12)23(25)26/h3-8H,9H2,1-2H3,(H,18,24). The van der Waals surface area contributed by atoms with E-state index < -0.39 is 10.8 Å². The number of hydrogen-bond acceptors (Lipinski definition) is 5. The van der Waals surface area contributed by atoms with Gasteiger partial charge in [-0.15, -0.1) is 0 Å².